The Morgan fingerprint density at radius 2 is 1.92 bits per heavy atom. The molecule has 2 rings (SSSR count). The highest BCUT2D eigenvalue weighted by molar-refractivity contribution is 6.10. The van der Waals surface area contributed by atoms with Crippen LogP contribution < -0.4 is 10.1 Å². The zero-order valence-corrected chi connectivity index (χ0v) is 12.7. The summed E-state index contributed by atoms with van der Waals surface area (Å²) in [6.07, 6.45) is 1.36. The van der Waals surface area contributed by atoms with Crippen molar-refractivity contribution in [1.82, 2.24) is 0 Å². The van der Waals surface area contributed by atoms with E-state index in [1.165, 1.54) is 37.5 Å². The van der Waals surface area contributed by atoms with Crippen LogP contribution in [0.15, 0.2) is 54.1 Å². The van der Waals surface area contributed by atoms with Crippen LogP contribution in [0, 0.1) is 21.4 Å². The van der Waals surface area contributed by atoms with Crippen LogP contribution in [0.2, 0.25) is 0 Å². The lowest BCUT2D eigenvalue weighted by Crippen LogP contribution is -2.14. The monoisotopic (exact) mass is 323 g/mol. The van der Waals surface area contributed by atoms with E-state index >= 15 is 0 Å². The van der Waals surface area contributed by atoms with Gasteiger partial charge in [-0.05, 0) is 35.9 Å². The van der Waals surface area contributed by atoms with Crippen LogP contribution in [-0.2, 0) is 4.79 Å². The fraction of sp³-hybridized carbons (Fsp3) is 0.0588. The smallest absolute Gasteiger partial charge is 0.269 e. The fourth-order valence-electron chi connectivity index (χ4n) is 1.95. The molecule has 0 saturated heterocycles. The quantitative estimate of drug-likeness (QED) is 0.394. The van der Waals surface area contributed by atoms with Crippen molar-refractivity contribution in [2.75, 3.05) is 12.4 Å². The van der Waals surface area contributed by atoms with Crippen molar-refractivity contribution >= 4 is 23.4 Å². The van der Waals surface area contributed by atoms with Gasteiger partial charge in [-0.2, -0.15) is 5.26 Å². The molecule has 2 aromatic carbocycles. The summed E-state index contributed by atoms with van der Waals surface area (Å²) >= 11 is 0. The molecule has 0 bridgehead atoms. The Kier molecular flexibility index (Phi) is 5.26. The predicted molar refractivity (Wildman–Crippen MR) is 88.3 cm³/mol. The lowest BCUT2D eigenvalue weighted by atomic mass is 10.1. The third-order valence-corrected chi connectivity index (χ3v) is 3.14. The molecule has 24 heavy (non-hydrogen) atoms. The van der Waals surface area contributed by atoms with Crippen molar-refractivity contribution < 1.29 is 14.5 Å². The van der Waals surface area contributed by atoms with E-state index in [-0.39, 0.29) is 11.3 Å². The van der Waals surface area contributed by atoms with Gasteiger partial charge in [0.15, 0.2) is 0 Å². The molecule has 0 heterocycles. The third-order valence-electron chi connectivity index (χ3n) is 3.14. The number of para-hydroxylation sites is 2. The SMILES string of the molecule is COc1ccccc1NC(=O)C(C#N)=Cc1ccc([N+](=O)[O-])cc1. The maximum absolute atomic E-state index is 12.2. The maximum Gasteiger partial charge on any atom is 0.269 e. The number of amides is 1. The Labute approximate surface area is 137 Å². The minimum absolute atomic E-state index is 0.0656. The first-order chi connectivity index (χ1) is 11.5. The van der Waals surface area contributed by atoms with E-state index in [4.69, 9.17) is 4.74 Å². The molecule has 7 heteroatoms. The standard InChI is InChI=1S/C17H13N3O4/c1-24-16-5-3-2-4-15(16)19-17(21)13(11-18)10-12-6-8-14(9-7-12)20(22)23/h2-10H,1H3,(H,19,21). The second kappa shape index (κ2) is 7.56. The van der Waals surface area contributed by atoms with Crippen molar-refractivity contribution in [3.63, 3.8) is 0 Å². The van der Waals surface area contributed by atoms with E-state index in [1.807, 2.05) is 6.07 Å². The summed E-state index contributed by atoms with van der Waals surface area (Å²) < 4.78 is 5.13. The number of benzene rings is 2. The summed E-state index contributed by atoms with van der Waals surface area (Å²) in [7, 11) is 1.48. The average Bonchev–Trinajstić information content (AvgIpc) is 2.60. The molecule has 0 radical (unpaired) electrons. The molecule has 1 amide bonds. The molecule has 0 aliphatic carbocycles. The molecule has 0 fully saturated rings. The van der Waals surface area contributed by atoms with Gasteiger partial charge in [0.05, 0.1) is 17.7 Å². The normalized spacial score (nSPS) is 10.6. The Balaban J connectivity index is 2.22. The summed E-state index contributed by atoms with van der Waals surface area (Å²) in [4.78, 5) is 22.3. The number of nitriles is 1. The molecular weight excluding hydrogens is 310 g/mol. The van der Waals surface area contributed by atoms with Crippen molar-refractivity contribution in [1.29, 1.82) is 5.26 Å². The van der Waals surface area contributed by atoms with E-state index in [2.05, 4.69) is 5.32 Å². The highest BCUT2D eigenvalue weighted by atomic mass is 16.6. The number of rotatable bonds is 5. The van der Waals surface area contributed by atoms with Crippen LogP contribution in [0.3, 0.4) is 0 Å². The van der Waals surface area contributed by atoms with E-state index in [9.17, 15) is 20.2 Å². The summed E-state index contributed by atoms with van der Waals surface area (Å²) in [6, 6.07) is 14.2. The van der Waals surface area contributed by atoms with Crippen LogP contribution in [-0.4, -0.2) is 17.9 Å². The van der Waals surface area contributed by atoms with Crippen LogP contribution in [0.4, 0.5) is 11.4 Å². The Hall–Kier alpha value is -3.66. The van der Waals surface area contributed by atoms with Gasteiger partial charge in [0.1, 0.15) is 17.4 Å². The molecule has 0 aliphatic rings. The van der Waals surface area contributed by atoms with E-state index in [0.29, 0.717) is 17.0 Å². The number of nitrogens with zero attached hydrogens (tertiary/aromatic N) is 2. The number of hydrogen-bond donors (Lipinski definition) is 1. The average molecular weight is 323 g/mol. The summed E-state index contributed by atoms with van der Waals surface area (Å²) in [5, 5.41) is 22.4. The van der Waals surface area contributed by atoms with Gasteiger partial charge < -0.3 is 10.1 Å². The Bertz CT molecular complexity index is 836. The summed E-state index contributed by atoms with van der Waals surface area (Å²) in [5.74, 6) is -0.126. The lowest BCUT2D eigenvalue weighted by Gasteiger charge is -2.09. The highest BCUT2D eigenvalue weighted by Gasteiger charge is 2.12. The van der Waals surface area contributed by atoms with E-state index in [1.54, 1.807) is 24.3 Å². The molecule has 1 N–H and O–H groups in total. The van der Waals surface area contributed by atoms with Crippen LogP contribution in [0.5, 0.6) is 5.75 Å². The minimum Gasteiger partial charge on any atom is -0.495 e. The number of nitro groups is 1. The molecule has 0 spiro atoms. The third kappa shape index (κ3) is 3.96. The van der Waals surface area contributed by atoms with E-state index < -0.39 is 10.8 Å². The number of methoxy groups -OCH3 is 1. The first kappa shape index (κ1) is 16.7. The Morgan fingerprint density at radius 1 is 1.25 bits per heavy atom. The minimum atomic E-state index is -0.597. The highest BCUT2D eigenvalue weighted by Crippen LogP contribution is 2.23. The molecule has 0 aromatic heterocycles. The zero-order chi connectivity index (χ0) is 17.5. The van der Waals surface area contributed by atoms with Gasteiger partial charge >= 0.3 is 0 Å². The van der Waals surface area contributed by atoms with Crippen molar-refractivity contribution in [2.45, 2.75) is 0 Å². The van der Waals surface area contributed by atoms with E-state index in [0.717, 1.165) is 0 Å². The summed E-state index contributed by atoms with van der Waals surface area (Å²) in [5.41, 5.74) is 0.751. The van der Waals surface area contributed by atoms with Crippen LogP contribution in [0.25, 0.3) is 6.08 Å². The van der Waals surface area contributed by atoms with Crippen molar-refractivity contribution in [3.05, 3.63) is 69.8 Å². The van der Waals surface area contributed by atoms with Gasteiger partial charge in [-0.15, -0.1) is 0 Å². The molecule has 120 valence electrons. The largest absolute Gasteiger partial charge is 0.495 e. The molecule has 0 aliphatic heterocycles. The van der Waals surface area contributed by atoms with Crippen LogP contribution >= 0.6 is 0 Å². The molecule has 0 unspecified atom stereocenters. The second-order valence-electron chi connectivity index (χ2n) is 4.67. The van der Waals surface area contributed by atoms with Crippen LogP contribution in [0.1, 0.15) is 5.56 Å². The van der Waals surface area contributed by atoms with Crippen molar-refractivity contribution in [3.8, 4) is 11.8 Å². The number of carbonyl (C=O) groups is 1. The maximum atomic E-state index is 12.2. The number of anilines is 1. The van der Waals surface area contributed by atoms with Crippen molar-refractivity contribution in [2.24, 2.45) is 0 Å². The van der Waals surface area contributed by atoms with Gasteiger partial charge in [-0.1, -0.05) is 12.1 Å². The Morgan fingerprint density at radius 3 is 2.50 bits per heavy atom. The fourth-order valence-corrected chi connectivity index (χ4v) is 1.95. The number of hydrogen-bond acceptors (Lipinski definition) is 5. The summed E-state index contributed by atoms with van der Waals surface area (Å²) in [6.45, 7) is 0. The molecule has 7 nitrogen and oxygen atoms in total. The zero-order valence-electron chi connectivity index (χ0n) is 12.7. The van der Waals surface area contributed by atoms with Gasteiger partial charge in [0.2, 0.25) is 0 Å². The van der Waals surface area contributed by atoms with Gasteiger partial charge in [0, 0.05) is 12.1 Å². The van der Waals surface area contributed by atoms with Gasteiger partial charge in [-0.3, -0.25) is 14.9 Å². The number of non-ortho nitro benzene ring substituents is 1. The number of nitrogens with one attached hydrogen (secondary N) is 1. The molecular formula is C17H13N3O4. The number of nitro benzene ring substituents is 1. The molecule has 0 atom stereocenters. The topological polar surface area (TPSA) is 105 Å². The van der Waals surface area contributed by atoms with Gasteiger partial charge in [-0.25, -0.2) is 0 Å². The second-order valence-corrected chi connectivity index (χ2v) is 4.67. The number of carbonyl (C=O) groups excluding carboxylic acids is 1. The first-order valence-corrected chi connectivity index (χ1v) is 6.85. The van der Waals surface area contributed by atoms with Gasteiger partial charge in [0.25, 0.3) is 11.6 Å². The predicted octanol–water partition coefficient (Wildman–Crippen LogP) is 3.15. The first-order valence-electron chi connectivity index (χ1n) is 6.85. The number of ether oxygens (including phenoxy) is 1. The molecule has 2 aromatic rings. The lowest BCUT2D eigenvalue weighted by molar-refractivity contribution is -0.384. The molecule has 0 saturated carbocycles.